The monoisotopic (exact) mass is 390 g/mol. The molecule has 0 amide bonds. The van der Waals surface area contributed by atoms with E-state index < -0.39 is 7.81 Å². The van der Waals surface area contributed by atoms with Crippen LogP contribution >= 0.6 is 7.81 Å². The zero-order chi connectivity index (χ0) is 18.5. The molecule has 0 fully saturated rings. The number of hydrogen-bond donors (Lipinski definition) is 1. The summed E-state index contributed by atoms with van der Waals surface area (Å²) in [6, 6.07) is 18.0. The molecule has 0 heterocycles. The Balaban J connectivity index is 0.000000351. The van der Waals surface area contributed by atoms with Gasteiger partial charge in [0, 0.05) is 11.1 Å². The summed E-state index contributed by atoms with van der Waals surface area (Å²) in [4.78, 5) is 0. The van der Waals surface area contributed by atoms with Gasteiger partial charge in [-0.15, -0.1) is 0 Å². The zero-order valence-corrected chi connectivity index (χ0v) is 14.4. The summed E-state index contributed by atoms with van der Waals surface area (Å²) >= 11 is 1.39. The summed E-state index contributed by atoms with van der Waals surface area (Å²) in [5.41, 5.74) is 2.65. The SMILES string of the molecule is CC([SH+]Cc1ccccc1)c1ccc(O)cc1.F[P-](F)(F)(F)(F)F. The fourth-order valence-corrected chi connectivity index (χ4v) is 2.76. The first kappa shape index (κ1) is 20.6. The van der Waals surface area contributed by atoms with Crippen LogP contribution in [0.15, 0.2) is 54.6 Å². The Labute approximate surface area is 139 Å². The van der Waals surface area contributed by atoms with E-state index in [0.717, 1.165) is 5.75 Å². The molecule has 1 N–H and O–H groups in total. The number of aromatic hydroxyl groups is 1. The molecular formula is C15H17F6OPS. The van der Waals surface area contributed by atoms with E-state index in [2.05, 4.69) is 31.2 Å². The molecule has 136 valence electrons. The molecule has 2 rings (SSSR count). The maximum absolute atomic E-state index is 10.7. The summed E-state index contributed by atoms with van der Waals surface area (Å²) in [5.74, 6) is 1.41. The van der Waals surface area contributed by atoms with Crippen molar-refractivity contribution in [3.63, 3.8) is 0 Å². The Morgan fingerprint density at radius 1 is 0.875 bits per heavy atom. The van der Waals surface area contributed by atoms with Crippen molar-refractivity contribution in [3.8, 4) is 5.75 Å². The van der Waals surface area contributed by atoms with Gasteiger partial charge in [0.15, 0.2) is 0 Å². The molecule has 9 heteroatoms. The van der Waals surface area contributed by atoms with Crippen molar-refractivity contribution < 1.29 is 30.3 Å². The van der Waals surface area contributed by atoms with Gasteiger partial charge in [0.1, 0.15) is 16.8 Å². The molecular weight excluding hydrogens is 373 g/mol. The van der Waals surface area contributed by atoms with Crippen LogP contribution in [-0.4, -0.2) is 5.11 Å². The maximum atomic E-state index is 9.87. The van der Waals surface area contributed by atoms with Crippen molar-refractivity contribution in [2.75, 3.05) is 0 Å². The third-order valence-electron chi connectivity index (χ3n) is 2.77. The standard InChI is InChI=1S/C15H16OS.F6P/c1-12(14-7-9-15(16)10-8-14)17-11-13-5-3-2-4-6-13;1-7(2,3,4,5)6/h2-10,12,16H,11H2,1H3;/q;-1/p+1. The Hall–Kier alpha value is -1.40. The molecule has 0 saturated carbocycles. The topological polar surface area (TPSA) is 20.2 Å². The van der Waals surface area contributed by atoms with Gasteiger partial charge < -0.3 is 5.11 Å². The van der Waals surface area contributed by atoms with E-state index in [1.54, 1.807) is 12.1 Å². The Kier molecular flexibility index (Phi) is 5.89. The molecule has 0 aliphatic heterocycles. The second-order valence-corrected chi connectivity index (χ2v) is 8.42. The van der Waals surface area contributed by atoms with E-state index in [0.29, 0.717) is 11.0 Å². The van der Waals surface area contributed by atoms with E-state index >= 15 is 0 Å². The number of thiol groups is 1. The first-order chi connectivity index (χ1) is 10.7. The van der Waals surface area contributed by atoms with Crippen LogP contribution in [0.5, 0.6) is 5.75 Å². The number of phenolic OH excluding ortho intramolecular Hbond substituents is 1. The summed E-state index contributed by atoms with van der Waals surface area (Å²) in [7, 11) is -10.7. The van der Waals surface area contributed by atoms with Crippen molar-refractivity contribution in [2.24, 2.45) is 0 Å². The average Bonchev–Trinajstić information content (AvgIpc) is 2.43. The molecule has 1 unspecified atom stereocenters. The van der Waals surface area contributed by atoms with Crippen LogP contribution in [-0.2, 0) is 17.5 Å². The van der Waals surface area contributed by atoms with Gasteiger partial charge in [0.05, 0.1) is 0 Å². The Bertz CT molecular complexity index is 632. The predicted molar refractivity (Wildman–Crippen MR) is 89.0 cm³/mol. The third-order valence-corrected chi connectivity index (χ3v) is 4.16. The second-order valence-electron chi connectivity index (χ2n) is 5.05. The van der Waals surface area contributed by atoms with Gasteiger partial charge >= 0.3 is 33.0 Å². The second kappa shape index (κ2) is 6.84. The van der Waals surface area contributed by atoms with Crippen LogP contribution in [0.25, 0.3) is 0 Å². The first-order valence-electron chi connectivity index (χ1n) is 6.76. The van der Waals surface area contributed by atoms with Crippen molar-refractivity contribution in [3.05, 3.63) is 65.7 Å². The van der Waals surface area contributed by atoms with Crippen LogP contribution in [0, 0.1) is 0 Å². The number of rotatable bonds is 4. The van der Waals surface area contributed by atoms with Gasteiger partial charge in [-0.3, -0.25) is 0 Å². The van der Waals surface area contributed by atoms with E-state index in [9.17, 15) is 30.3 Å². The number of hydrogen-bond acceptors (Lipinski definition) is 1. The van der Waals surface area contributed by atoms with Crippen molar-refractivity contribution in [1.82, 2.24) is 0 Å². The van der Waals surface area contributed by atoms with Crippen LogP contribution in [0.3, 0.4) is 0 Å². The molecule has 0 aliphatic carbocycles. The van der Waals surface area contributed by atoms with E-state index in [-0.39, 0.29) is 0 Å². The van der Waals surface area contributed by atoms with Gasteiger partial charge in [-0.2, -0.15) is 0 Å². The van der Waals surface area contributed by atoms with Crippen LogP contribution in [0.4, 0.5) is 25.2 Å². The van der Waals surface area contributed by atoms with Gasteiger partial charge in [0.25, 0.3) is 0 Å². The van der Waals surface area contributed by atoms with Gasteiger partial charge in [0.2, 0.25) is 0 Å². The number of phenols is 1. The van der Waals surface area contributed by atoms with Gasteiger partial charge in [-0.25, -0.2) is 0 Å². The molecule has 24 heavy (non-hydrogen) atoms. The molecule has 2 aromatic rings. The summed E-state index contributed by atoms with van der Waals surface area (Å²) in [6.45, 7) is 2.22. The van der Waals surface area contributed by atoms with E-state index in [1.165, 1.54) is 22.9 Å². The average molecular weight is 390 g/mol. The molecule has 0 bridgehead atoms. The summed E-state index contributed by atoms with van der Waals surface area (Å²) in [6.07, 6.45) is 0. The van der Waals surface area contributed by atoms with Crippen molar-refractivity contribution in [1.29, 1.82) is 0 Å². The molecule has 0 aromatic heterocycles. The quantitative estimate of drug-likeness (QED) is 0.262. The molecule has 0 aliphatic rings. The fourth-order valence-electron chi connectivity index (χ4n) is 1.68. The van der Waals surface area contributed by atoms with Crippen LogP contribution < -0.4 is 0 Å². The van der Waals surface area contributed by atoms with Gasteiger partial charge in [-0.1, -0.05) is 42.5 Å². The first-order valence-corrected chi connectivity index (χ1v) is 9.94. The minimum atomic E-state index is -10.7. The summed E-state index contributed by atoms with van der Waals surface area (Å²) in [5, 5.41) is 9.74. The van der Waals surface area contributed by atoms with Crippen LogP contribution in [0.2, 0.25) is 0 Å². The molecule has 2 aromatic carbocycles. The zero-order valence-electron chi connectivity index (χ0n) is 12.6. The molecule has 0 spiro atoms. The third kappa shape index (κ3) is 12.1. The molecule has 1 atom stereocenters. The van der Waals surface area contributed by atoms with Crippen LogP contribution in [0.1, 0.15) is 23.3 Å². The normalized spacial score (nSPS) is 15.5. The molecule has 0 saturated heterocycles. The Morgan fingerprint density at radius 3 is 1.79 bits per heavy atom. The molecule has 1 nitrogen and oxygen atoms in total. The van der Waals surface area contributed by atoms with E-state index in [4.69, 9.17) is 0 Å². The summed E-state index contributed by atoms with van der Waals surface area (Å²) < 4.78 is 59.2. The van der Waals surface area contributed by atoms with Crippen molar-refractivity contribution >= 4 is 19.6 Å². The predicted octanol–water partition coefficient (Wildman–Crippen LogP) is 6.85. The van der Waals surface area contributed by atoms with E-state index in [1.807, 2.05) is 18.2 Å². The fraction of sp³-hybridized carbons (Fsp3) is 0.200. The van der Waals surface area contributed by atoms with Gasteiger partial charge in [-0.05, 0) is 30.8 Å². The number of benzene rings is 2. The van der Waals surface area contributed by atoms with Crippen molar-refractivity contribution in [2.45, 2.75) is 17.9 Å². The molecule has 0 radical (unpaired) electrons. The minimum absolute atomic E-state index is 0.334. The Morgan fingerprint density at radius 2 is 1.33 bits per heavy atom. The number of halogens is 6.